The van der Waals surface area contributed by atoms with Crippen molar-refractivity contribution in [1.29, 1.82) is 0 Å². The Bertz CT molecular complexity index is 547. The second-order valence-electron chi connectivity index (χ2n) is 4.07. The predicted molar refractivity (Wildman–Crippen MR) is 69.8 cm³/mol. The van der Waals surface area contributed by atoms with E-state index in [4.69, 9.17) is 16.3 Å². The highest BCUT2D eigenvalue weighted by atomic mass is 35.5. The summed E-state index contributed by atoms with van der Waals surface area (Å²) >= 11 is 6.34. The normalized spacial score (nSPS) is 10.6. The monoisotopic (exact) mass is 250 g/mol. The molecule has 0 spiro atoms. The molecule has 1 N–H and O–H groups in total. The summed E-state index contributed by atoms with van der Waals surface area (Å²) in [4.78, 5) is 0. The molecule has 0 radical (unpaired) electrons. The molecular weight excluding hydrogens is 236 g/mol. The van der Waals surface area contributed by atoms with Gasteiger partial charge in [-0.15, -0.1) is 0 Å². The number of hydrogen-bond donors (Lipinski definition) is 1. The van der Waals surface area contributed by atoms with E-state index in [2.05, 4.69) is 10.2 Å². The van der Waals surface area contributed by atoms with Gasteiger partial charge >= 0.3 is 0 Å². The molecule has 4 heteroatoms. The van der Waals surface area contributed by atoms with Crippen molar-refractivity contribution in [3.63, 3.8) is 0 Å². The molecular formula is C13H15ClN2O. The third-order valence-corrected chi connectivity index (χ3v) is 3.70. The van der Waals surface area contributed by atoms with Crippen molar-refractivity contribution in [3.8, 4) is 17.0 Å². The first-order valence-electron chi connectivity index (χ1n) is 5.41. The average molecular weight is 251 g/mol. The van der Waals surface area contributed by atoms with Crippen molar-refractivity contribution in [3.05, 3.63) is 34.0 Å². The number of aromatic nitrogens is 2. The van der Waals surface area contributed by atoms with E-state index < -0.39 is 0 Å². The minimum Gasteiger partial charge on any atom is -0.496 e. The van der Waals surface area contributed by atoms with Gasteiger partial charge in [-0.3, -0.25) is 5.10 Å². The predicted octanol–water partition coefficient (Wildman–Crippen LogP) is 3.66. The van der Waals surface area contributed by atoms with Crippen LogP contribution in [0.2, 0.25) is 5.02 Å². The number of nitrogens with one attached hydrogen (secondary N) is 1. The topological polar surface area (TPSA) is 37.9 Å². The first-order chi connectivity index (χ1) is 8.07. The summed E-state index contributed by atoms with van der Waals surface area (Å²) in [5.41, 5.74) is 5.04. The maximum Gasteiger partial charge on any atom is 0.131 e. The fourth-order valence-electron chi connectivity index (χ4n) is 2.06. The third kappa shape index (κ3) is 1.80. The Morgan fingerprint density at radius 2 is 1.88 bits per heavy atom. The third-order valence-electron chi connectivity index (χ3n) is 3.14. The summed E-state index contributed by atoms with van der Waals surface area (Å²) in [6.45, 7) is 6.01. The van der Waals surface area contributed by atoms with Gasteiger partial charge in [0.2, 0.25) is 0 Å². The summed E-state index contributed by atoms with van der Waals surface area (Å²) in [5.74, 6) is 0.855. The van der Waals surface area contributed by atoms with Crippen LogP contribution in [0.5, 0.6) is 5.75 Å². The Labute approximate surface area is 106 Å². The number of H-pyrrole nitrogens is 1. The summed E-state index contributed by atoms with van der Waals surface area (Å²) in [6.07, 6.45) is 1.72. The van der Waals surface area contributed by atoms with Crippen molar-refractivity contribution < 1.29 is 4.74 Å². The Balaban J connectivity index is 2.82. The van der Waals surface area contributed by atoms with Crippen molar-refractivity contribution >= 4 is 11.6 Å². The second kappa shape index (κ2) is 4.41. The first-order valence-corrected chi connectivity index (χ1v) is 5.78. The van der Waals surface area contributed by atoms with Crippen LogP contribution in [0.25, 0.3) is 11.3 Å². The maximum atomic E-state index is 6.34. The highest BCUT2D eigenvalue weighted by molar-refractivity contribution is 6.32. The summed E-state index contributed by atoms with van der Waals surface area (Å²) in [6, 6.07) is 1.91. The number of benzene rings is 1. The molecule has 0 bridgehead atoms. The highest BCUT2D eigenvalue weighted by Gasteiger charge is 2.18. The van der Waals surface area contributed by atoms with Gasteiger partial charge < -0.3 is 4.74 Å². The van der Waals surface area contributed by atoms with Gasteiger partial charge in [-0.05, 0) is 43.5 Å². The fraction of sp³-hybridized carbons (Fsp3) is 0.308. The van der Waals surface area contributed by atoms with Gasteiger partial charge in [-0.1, -0.05) is 11.6 Å². The van der Waals surface area contributed by atoms with Crippen LogP contribution < -0.4 is 4.74 Å². The van der Waals surface area contributed by atoms with Crippen LogP contribution >= 0.6 is 11.6 Å². The molecule has 0 amide bonds. The van der Waals surface area contributed by atoms with E-state index in [9.17, 15) is 0 Å². The molecule has 0 fully saturated rings. The molecule has 3 nitrogen and oxygen atoms in total. The van der Waals surface area contributed by atoms with Crippen LogP contribution in [0.4, 0.5) is 0 Å². The van der Waals surface area contributed by atoms with Gasteiger partial charge in [0.1, 0.15) is 5.75 Å². The van der Waals surface area contributed by atoms with Gasteiger partial charge in [0.25, 0.3) is 0 Å². The van der Waals surface area contributed by atoms with E-state index in [1.54, 1.807) is 13.3 Å². The number of hydrogen-bond acceptors (Lipinski definition) is 2. The van der Waals surface area contributed by atoms with Crippen molar-refractivity contribution in [1.82, 2.24) is 10.2 Å². The SMILES string of the molecule is COc1c(C)c(C)c(Cl)c(C)c1-c1ccn[nH]1. The van der Waals surface area contributed by atoms with Crippen LogP contribution in [-0.4, -0.2) is 17.3 Å². The van der Waals surface area contributed by atoms with Crippen LogP contribution in [-0.2, 0) is 0 Å². The zero-order chi connectivity index (χ0) is 12.6. The minimum atomic E-state index is 0.785. The van der Waals surface area contributed by atoms with Crippen LogP contribution in [0.15, 0.2) is 12.3 Å². The Hall–Kier alpha value is -1.48. The molecule has 1 aromatic heterocycles. The molecule has 2 aromatic rings. The largest absolute Gasteiger partial charge is 0.496 e. The van der Waals surface area contributed by atoms with Gasteiger partial charge in [0, 0.05) is 16.8 Å². The molecule has 0 saturated heterocycles. The van der Waals surface area contributed by atoms with Gasteiger partial charge in [0.05, 0.1) is 12.8 Å². The standard InChI is InChI=1S/C13H15ClN2O/c1-7-8(2)13(17-4)11(9(3)12(7)14)10-5-6-15-16-10/h5-6H,1-4H3,(H,15,16). The minimum absolute atomic E-state index is 0.785. The molecule has 0 aliphatic carbocycles. The molecule has 0 atom stereocenters. The second-order valence-corrected chi connectivity index (χ2v) is 4.45. The lowest BCUT2D eigenvalue weighted by atomic mass is 9.97. The highest BCUT2D eigenvalue weighted by Crippen LogP contribution is 2.41. The lowest BCUT2D eigenvalue weighted by molar-refractivity contribution is 0.412. The van der Waals surface area contributed by atoms with E-state index in [0.29, 0.717) is 0 Å². The molecule has 0 unspecified atom stereocenters. The van der Waals surface area contributed by atoms with Crippen molar-refractivity contribution in [2.24, 2.45) is 0 Å². The Kier molecular flexibility index (Phi) is 3.11. The lowest BCUT2D eigenvalue weighted by Crippen LogP contribution is -1.98. The van der Waals surface area contributed by atoms with Crippen LogP contribution in [0.1, 0.15) is 16.7 Å². The zero-order valence-corrected chi connectivity index (χ0v) is 11.1. The first kappa shape index (κ1) is 12.0. The van der Waals surface area contributed by atoms with Gasteiger partial charge in [-0.2, -0.15) is 5.10 Å². The number of methoxy groups -OCH3 is 1. The molecule has 2 rings (SSSR count). The molecule has 17 heavy (non-hydrogen) atoms. The number of halogens is 1. The van der Waals surface area contributed by atoms with Crippen LogP contribution in [0, 0.1) is 20.8 Å². The Morgan fingerprint density at radius 1 is 1.18 bits per heavy atom. The molecule has 1 heterocycles. The van der Waals surface area contributed by atoms with E-state index in [0.717, 1.165) is 38.7 Å². The van der Waals surface area contributed by atoms with Crippen LogP contribution in [0.3, 0.4) is 0 Å². The van der Waals surface area contributed by atoms with E-state index in [-0.39, 0.29) is 0 Å². The zero-order valence-electron chi connectivity index (χ0n) is 10.4. The Morgan fingerprint density at radius 3 is 2.41 bits per heavy atom. The number of ether oxygens (including phenoxy) is 1. The molecule has 0 aliphatic rings. The quantitative estimate of drug-likeness (QED) is 0.883. The van der Waals surface area contributed by atoms with Crippen molar-refractivity contribution in [2.45, 2.75) is 20.8 Å². The number of rotatable bonds is 2. The van der Waals surface area contributed by atoms with E-state index in [1.165, 1.54) is 0 Å². The molecule has 1 aromatic carbocycles. The molecule has 0 aliphatic heterocycles. The average Bonchev–Trinajstić information content (AvgIpc) is 2.84. The summed E-state index contributed by atoms with van der Waals surface area (Å²) in [7, 11) is 1.68. The number of aromatic amines is 1. The summed E-state index contributed by atoms with van der Waals surface area (Å²) < 4.78 is 5.51. The van der Waals surface area contributed by atoms with E-state index in [1.807, 2.05) is 26.8 Å². The van der Waals surface area contributed by atoms with E-state index >= 15 is 0 Å². The summed E-state index contributed by atoms with van der Waals surface area (Å²) in [5, 5.41) is 7.71. The molecule has 0 saturated carbocycles. The number of nitrogens with zero attached hydrogens (tertiary/aromatic N) is 1. The lowest BCUT2D eigenvalue weighted by Gasteiger charge is -2.17. The smallest absolute Gasteiger partial charge is 0.131 e. The van der Waals surface area contributed by atoms with Crippen molar-refractivity contribution in [2.75, 3.05) is 7.11 Å². The van der Waals surface area contributed by atoms with Gasteiger partial charge in [-0.25, -0.2) is 0 Å². The van der Waals surface area contributed by atoms with Gasteiger partial charge in [0.15, 0.2) is 0 Å². The maximum absolute atomic E-state index is 6.34. The molecule has 90 valence electrons. The fourth-order valence-corrected chi connectivity index (χ4v) is 2.29.